The molecule has 2 saturated heterocycles. The summed E-state index contributed by atoms with van der Waals surface area (Å²) in [6.45, 7) is 8.62. The number of hydrogen-bond acceptors (Lipinski definition) is 4. The van der Waals surface area contributed by atoms with E-state index in [0.717, 1.165) is 64.7 Å². The Bertz CT molecular complexity index is 635. The lowest BCUT2D eigenvalue weighted by Gasteiger charge is -2.33. The Hall–Kier alpha value is -0.900. The minimum absolute atomic E-state index is 0. The van der Waals surface area contributed by atoms with Gasteiger partial charge in [-0.15, -0.1) is 24.0 Å². The standard InChI is InChI=1S/C24H40N4O2.HI/c1-20-7-3-4-14-28(20)18-22-11-9-21(10-12-22)17-27-24(25-2)26-13-6-15-29-19-23-8-5-16-30-23;/h9-12,20,23H,3-8,13-19H2,1-2H3,(H2,25,26,27);1H. The van der Waals surface area contributed by atoms with Crippen molar-refractivity contribution in [2.75, 3.05) is 40.0 Å². The van der Waals surface area contributed by atoms with E-state index in [-0.39, 0.29) is 24.0 Å². The van der Waals surface area contributed by atoms with Gasteiger partial charge in [0.25, 0.3) is 0 Å². The molecule has 2 aliphatic rings. The van der Waals surface area contributed by atoms with Gasteiger partial charge in [-0.2, -0.15) is 0 Å². The number of likely N-dealkylation sites (tertiary alicyclic amines) is 1. The monoisotopic (exact) mass is 544 g/mol. The lowest BCUT2D eigenvalue weighted by atomic mass is 10.0. The highest BCUT2D eigenvalue weighted by Gasteiger charge is 2.18. The highest BCUT2D eigenvalue weighted by atomic mass is 127. The molecule has 2 aliphatic heterocycles. The Balaban J connectivity index is 0.00000341. The van der Waals surface area contributed by atoms with Gasteiger partial charge in [0.2, 0.25) is 0 Å². The summed E-state index contributed by atoms with van der Waals surface area (Å²) in [5, 5.41) is 6.76. The lowest BCUT2D eigenvalue weighted by molar-refractivity contribution is 0.0168. The van der Waals surface area contributed by atoms with Crippen LogP contribution in [-0.2, 0) is 22.6 Å². The van der Waals surface area contributed by atoms with Crippen LogP contribution in [0.1, 0.15) is 56.6 Å². The van der Waals surface area contributed by atoms with Crippen LogP contribution in [0.5, 0.6) is 0 Å². The molecule has 2 heterocycles. The van der Waals surface area contributed by atoms with E-state index in [2.05, 4.69) is 51.7 Å². The van der Waals surface area contributed by atoms with Gasteiger partial charge in [-0.05, 0) is 56.7 Å². The van der Waals surface area contributed by atoms with Gasteiger partial charge in [-0.25, -0.2) is 0 Å². The number of piperidine rings is 1. The van der Waals surface area contributed by atoms with Crippen molar-refractivity contribution < 1.29 is 9.47 Å². The molecule has 176 valence electrons. The second kappa shape index (κ2) is 15.0. The van der Waals surface area contributed by atoms with Crippen molar-refractivity contribution in [2.45, 2.75) is 70.7 Å². The molecular formula is C24H41IN4O2. The number of benzene rings is 1. The normalized spacial score (nSPS) is 22.2. The van der Waals surface area contributed by atoms with E-state index in [1.54, 1.807) is 0 Å². The highest BCUT2D eigenvalue weighted by Crippen LogP contribution is 2.19. The minimum Gasteiger partial charge on any atom is -0.379 e. The van der Waals surface area contributed by atoms with Gasteiger partial charge in [-0.3, -0.25) is 9.89 Å². The molecule has 0 bridgehead atoms. The van der Waals surface area contributed by atoms with Gasteiger partial charge in [0.15, 0.2) is 5.96 Å². The third kappa shape index (κ3) is 9.63. The number of ether oxygens (including phenoxy) is 2. The van der Waals surface area contributed by atoms with Crippen LogP contribution in [0.2, 0.25) is 0 Å². The van der Waals surface area contributed by atoms with Gasteiger partial charge in [-0.1, -0.05) is 30.7 Å². The molecule has 2 atom stereocenters. The molecule has 6 nitrogen and oxygen atoms in total. The quantitative estimate of drug-likeness (QED) is 0.202. The second-order valence-electron chi connectivity index (χ2n) is 8.55. The molecule has 0 aromatic heterocycles. The molecular weight excluding hydrogens is 503 g/mol. The summed E-state index contributed by atoms with van der Waals surface area (Å²) in [7, 11) is 1.81. The number of nitrogens with one attached hydrogen (secondary N) is 2. The number of aliphatic imine (C=N–C) groups is 1. The van der Waals surface area contributed by atoms with Crippen LogP contribution in [0.4, 0.5) is 0 Å². The van der Waals surface area contributed by atoms with Crippen molar-refractivity contribution in [3.63, 3.8) is 0 Å². The first-order valence-electron chi connectivity index (χ1n) is 11.7. The maximum atomic E-state index is 5.71. The smallest absolute Gasteiger partial charge is 0.191 e. The van der Waals surface area contributed by atoms with E-state index < -0.39 is 0 Å². The number of guanidine groups is 1. The number of nitrogens with zero attached hydrogens (tertiary/aromatic N) is 2. The summed E-state index contributed by atoms with van der Waals surface area (Å²) >= 11 is 0. The van der Waals surface area contributed by atoms with Gasteiger partial charge >= 0.3 is 0 Å². The Morgan fingerprint density at radius 1 is 1.13 bits per heavy atom. The average molecular weight is 545 g/mol. The number of rotatable bonds is 10. The van der Waals surface area contributed by atoms with Gasteiger partial charge in [0.1, 0.15) is 0 Å². The third-order valence-corrected chi connectivity index (χ3v) is 6.12. The Morgan fingerprint density at radius 2 is 1.94 bits per heavy atom. The van der Waals surface area contributed by atoms with Crippen molar-refractivity contribution in [3.8, 4) is 0 Å². The van der Waals surface area contributed by atoms with Crippen molar-refractivity contribution >= 4 is 29.9 Å². The second-order valence-corrected chi connectivity index (χ2v) is 8.55. The van der Waals surface area contributed by atoms with Crippen LogP contribution in [-0.4, -0.2) is 63.0 Å². The minimum atomic E-state index is 0. The highest BCUT2D eigenvalue weighted by molar-refractivity contribution is 14.0. The van der Waals surface area contributed by atoms with Crippen LogP contribution in [0, 0.1) is 0 Å². The topological polar surface area (TPSA) is 58.1 Å². The fourth-order valence-electron chi connectivity index (χ4n) is 4.17. The summed E-state index contributed by atoms with van der Waals surface area (Å²) in [6, 6.07) is 9.68. The fraction of sp³-hybridized carbons (Fsp3) is 0.708. The zero-order valence-corrected chi connectivity index (χ0v) is 21.6. The summed E-state index contributed by atoms with van der Waals surface area (Å²) in [5.74, 6) is 0.834. The zero-order valence-electron chi connectivity index (χ0n) is 19.3. The Labute approximate surface area is 205 Å². The van der Waals surface area contributed by atoms with Gasteiger partial charge in [0, 0.05) is 45.9 Å². The molecule has 2 unspecified atom stereocenters. The van der Waals surface area contributed by atoms with Crippen LogP contribution in [0.3, 0.4) is 0 Å². The molecule has 1 aromatic carbocycles. The largest absolute Gasteiger partial charge is 0.379 e. The first-order chi connectivity index (χ1) is 14.7. The van der Waals surface area contributed by atoms with E-state index in [1.807, 2.05) is 7.05 Å². The van der Waals surface area contributed by atoms with E-state index in [0.29, 0.717) is 12.1 Å². The van der Waals surface area contributed by atoms with Crippen LogP contribution in [0.25, 0.3) is 0 Å². The van der Waals surface area contributed by atoms with Crippen molar-refractivity contribution in [3.05, 3.63) is 35.4 Å². The number of halogens is 1. The predicted octanol–water partition coefficient (Wildman–Crippen LogP) is 3.93. The van der Waals surface area contributed by atoms with E-state index >= 15 is 0 Å². The fourth-order valence-corrected chi connectivity index (χ4v) is 4.17. The van der Waals surface area contributed by atoms with Crippen molar-refractivity contribution in [2.24, 2.45) is 4.99 Å². The Kier molecular flexibility index (Phi) is 12.8. The maximum Gasteiger partial charge on any atom is 0.191 e. The maximum absolute atomic E-state index is 5.71. The summed E-state index contributed by atoms with van der Waals surface area (Å²) < 4.78 is 11.3. The third-order valence-electron chi connectivity index (χ3n) is 6.12. The first kappa shape index (κ1) is 26.4. The lowest BCUT2D eigenvalue weighted by Crippen LogP contribution is -2.37. The van der Waals surface area contributed by atoms with Crippen LogP contribution < -0.4 is 10.6 Å². The van der Waals surface area contributed by atoms with Crippen LogP contribution >= 0.6 is 24.0 Å². The molecule has 2 N–H and O–H groups in total. The van der Waals surface area contributed by atoms with Crippen molar-refractivity contribution in [1.29, 1.82) is 0 Å². The predicted molar refractivity (Wildman–Crippen MR) is 138 cm³/mol. The van der Waals surface area contributed by atoms with E-state index in [1.165, 1.54) is 36.9 Å². The Morgan fingerprint density at radius 3 is 2.65 bits per heavy atom. The van der Waals surface area contributed by atoms with Crippen LogP contribution in [0.15, 0.2) is 29.3 Å². The molecule has 0 saturated carbocycles. The molecule has 2 fully saturated rings. The molecule has 3 rings (SSSR count). The molecule has 31 heavy (non-hydrogen) atoms. The van der Waals surface area contributed by atoms with Crippen molar-refractivity contribution in [1.82, 2.24) is 15.5 Å². The van der Waals surface area contributed by atoms with Gasteiger partial charge in [0.05, 0.1) is 12.7 Å². The molecule has 0 aliphatic carbocycles. The summed E-state index contributed by atoms with van der Waals surface area (Å²) in [4.78, 5) is 6.92. The van der Waals surface area contributed by atoms with Gasteiger partial charge < -0.3 is 20.1 Å². The van der Waals surface area contributed by atoms with E-state index in [4.69, 9.17) is 9.47 Å². The van der Waals surface area contributed by atoms with E-state index in [9.17, 15) is 0 Å². The average Bonchev–Trinajstić information content (AvgIpc) is 3.29. The summed E-state index contributed by atoms with van der Waals surface area (Å²) in [6.07, 6.45) is 7.60. The molecule has 0 radical (unpaired) electrons. The zero-order chi connectivity index (χ0) is 21.0. The number of hydrogen-bond donors (Lipinski definition) is 2. The molecule has 0 amide bonds. The SMILES string of the molecule is CN=C(NCCCOCC1CCCO1)NCc1ccc(CN2CCCCC2C)cc1.I. The summed E-state index contributed by atoms with van der Waals surface area (Å²) in [5.41, 5.74) is 2.67. The molecule has 1 aromatic rings. The first-order valence-corrected chi connectivity index (χ1v) is 11.7. The molecule has 7 heteroatoms. The molecule has 0 spiro atoms.